The van der Waals surface area contributed by atoms with E-state index in [0.29, 0.717) is 45.6 Å². The van der Waals surface area contributed by atoms with E-state index in [1.54, 1.807) is 4.90 Å². The Morgan fingerprint density at radius 1 is 0.892 bits per heavy atom. The molecule has 0 atom stereocenters. The van der Waals surface area contributed by atoms with E-state index < -0.39 is 5.54 Å². The second-order valence-corrected chi connectivity index (χ2v) is 10.2. The molecule has 2 heterocycles. The number of nitrogens with zero attached hydrogens (tertiary/aromatic N) is 3. The topological polar surface area (TPSA) is 73.0 Å². The van der Waals surface area contributed by atoms with E-state index in [4.69, 9.17) is 0 Å². The van der Waals surface area contributed by atoms with Gasteiger partial charge in [0.25, 0.3) is 5.91 Å². The summed E-state index contributed by atoms with van der Waals surface area (Å²) in [6, 6.07) is 19.7. The van der Waals surface area contributed by atoms with E-state index in [0.717, 1.165) is 24.1 Å². The van der Waals surface area contributed by atoms with Gasteiger partial charge < -0.3 is 20.0 Å². The second kappa shape index (κ2) is 12.7. The Morgan fingerprint density at radius 2 is 1.54 bits per heavy atom. The molecule has 198 valence electrons. The molecular weight excluding hydrogens is 464 g/mol. The van der Waals surface area contributed by atoms with Crippen LogP contribution >= 0.6 is 0 Å². The van der Waals surface area contributed by atoms with Gasteiger partial charge in [-0.1, -0.05) is 81.1 Å². The smallest absolute Gasteiger partial charge is 0.250 e. The first-order valence-electron chi connectivity index (χ1n) is 13.7. The average Bonchev–Trinajstić information content (AvgIpc) is 3.19. The van der Waals surface area contributed by atoms with Crippen molar-refractivity contribution < 1.29 is 14.4 Å². The third kappa shape index (κ3) is 6.51. The van der Waals surface area contributed by atoms with Gasteiger partial charge in [0.1, 0.15) is 12.1 Å². The highest BCUT2D eigenvalue weighted by atomic mass is 16.2. The monoisotopic (exact) mass is 504 g/mol. The molecule has 37 heavy (non-hydrogen) atoms. The number of anilines is 1. The number of carbonyl (C=O) groups excluding carboxylic acids is 3. The number of carbonyl (C=O) groups is 3. The predicted octanol–water partition coefficient (Wildman–Crippen LogP) is 4.33. The van der Waals surface area contributed by atoms with Crippen LogP contribution in [0.15, 0.2) is 60.7 Å². The summed E-state index contributed by atoms with van der Waals surface area (Å²) in [5, 5.41) is 2.94. The molecule has 2 aromatic carbocycles. The summed E-state index contributed by atoms with van der Waals surface area (Å²) in [7, 11) is 0. The molecule has 1 spiro atoms. The first-order valence-corrected chi connectivity index (χ1v) is 13.7. The van der Waals surface area contributed by atoms with E-state index in [-0.39, 0.29) is 24.3 Å². The van der Waals surface area contributed by atoms with Crippen LogP contribution in [0.1, 0.15) is 63.9 Å². The van der Waals surface area contributed by atoms with Gasteiger partial charge in [0.15, 0.2) is 0 Å². The largest absolute Gasteiger partial charge is 0.350 e. The minimum absolute atomic E-state index is 0.0159. The molecule has 2 fully saturated rings. The number of piperidine rings is 1. The maximum atomic E-state index is 13.8. The molecule has 2 aliphatic rings. The maximum Gasteiger partial charge on any atom is 0.250 e. The zero-order chi connectivity index (χ0) is 26.1. The van der Waals surface area contributed by atoms with Gasteiger partial charge in [0, 0.05) is 31.7 Å². The summed E-state index contributed by atoms with van der Waals surface area (Å²) in [6.07, 6.45) is 7.36. The maximum absolute atomic E-state index is 13.8. The van der Waals surface area contributed by atoms with Gasteiger partial charge in [-0.15, -0.1) is 0 Å². The molecule has 1 N–H and O–H groups in total. The first-order chi connectivity index (χ1) is 18.0. The van der Waals surface area contributed by atoms with E-state index >= 15 is 0 Å². The number of amides is 3. The quantitative estimate of drug-likeness (QED) is 0.463. The number of para-hydroxylation sites is 1. The standard InChI is InChI=1S/C30H40N4O3/c1-2-3-4-5-12-17-28(36)32-20-18-30(19-21-32)29(37)33(24-34(30)26-15-10-7-11-16-26)23-27(35)31-22-25-13-8-6-9-14-25/h6-11,13-16H,2-5,12,17-24H2,1H3,(H,31,35). The Morgan fingerprint density at radius 3 is 2.22 bits per heavy atom. The van der Waals surface area contributed by atoms with Crippen molar-refractivity contribution in [1.29, 1.82) is 0 Å². The van der Waals surface area contributed by atoms with Gasteiger partial charge in [-0.2, -0.15) is 0 Å². The Bertz CT molecular complexity index is 1040. The predicted molar refractivity (Wildman–Crippen MR) is 146 cm³/mol. The minimum Gasteiger partial charge on any atom is -0.350 e. The van der Waals surface area contributed by atoms with Crippen molar-refractivity contribution in [1.82, 2.24) is 15.1 Å². The number of unbranched alkanes of at least 4 members (excludes halogenated alkanes) is 4. The summed E-state index contributed by atoms with van der Waals surface area (Å²) in [5.41, 5.74) is 1.27. The molecule has 2 aliphatic heterocycles. The normalized spacial score (nSPS) is 16.9. The number of rotatable bonds is 11. The van der Waals surface area contributed by atoms with Crippen LogP contribution in [0.2, 0.25) is 0 Å². The van der Waals surface area contributed by atoms with Crippen molar-refractivity contribution in [3.8, 4) is 0 Å². The molecule has 0 radical (unpaired) electrons. The fourth-order valence-corrected chi connectivity index (χ4v) is 5.51. The third-order valence-electron chi connectivity index (χ3n) is 7.69. The van der Waals surface area contributed by atoms with Crippen LogP contribution in [0.25, 0.3) is 0 Å². The lowest BCUT2D eigenvalue weighted by atomic mass is 9.85. The van der Waals surface area contributed by atoms with Crippen molar-refractivity contribution in [3.63, 3.8) is 0 Å². The molecule has 0 saturated carbocycles. The molecule has 3 amide bonds. The fourth-order valence-electron chi connectivity index (χ4n) is 5.51. The van der Waals surface area contributed by atoms with Gasteiger partial charge >= 0.3 is 0 Å². The second-order valence-electron chi connectivity index (χ2n) is 10.2. The van der Waals surface area contributed by atoms with Crippen LogP contribution in [0, 0.1) is 0 Å². The zero-order valence-corrected chi connectivity index (χ0v) is 22.0. The Balaban J connectivity index is 1.39. The van der Waals surface area contributed by atoms with Crippen molar-refractivity contribution >= 4 is 23.4 Å². The fraction of sp³-hybridized carbons (Fsp3) is 0.500. The summed E-state index contributed by atoms with van der Waals surface area (Å²) in [4.78, 5) is 45.2. The molecule has 2 saturated heterocycles. The lowest BCUT2D eigenvalue weighted by molar-refractivity contribution is -0.140. The van der Waals surface area contributed by atoms with Crippen LogP contribution in [0.3, 0.4) is 0 Å². The van der Waals surface area contributed by atoms with Gasteiger partial charge in [-0.25, -0.2) is 0 Å². The molecule has 4 rings (SSSR count). The van der Waals surface area contributed by atoms with Crippen molar-refractivity contribution in [3.05, 3.63) is 66.2 Å². The van der Waals surface area contributed by atoms with Gasteiger partial charge in [0.05, 0.1) is 6.67 Å². The van der Waals surface area contributed by atoms with Crippen molar-refractivity contribution in [2.24, 2.45) is 0 Å². The van der Waals surface area contributed by atoms with E-state index in [1.807, 2.05) is 65.6 Å². The van der Waals surface area contributed by atoms with E-state index in [2.05, 4.69) is 17.1 Å². The zero-order valence-electron chi connectivity index (χ0n) is 22.0. The molecule has 7 nitrogen and oxygen atoms in total. The molecular formula is C30H40N4O3. The van der Waals surface area contributed by atoms with Crippen LogP contribution in [0.5, 0.6) is 0 Å². The molecule has 2 aromatic rings. The SMILES string of the molecule is CCCCCCCC(=O)N1CCC2(CC1)C(=O)N(CC(=O)NCc1ccccc1)CN2c1ccccc1. The Labute approximate surface area is 220 Å². The van der Waals surface area contributed by atoms with Gasteiger partial charge in [-0.3, -0.25) is 14.4 Å². The highest BCUT2D eigenvalue weighted by Gasteiger charge is 2.54. The van der Waals surface area contributed by atoms with Crippen molar-refractivity contribution in [2.45, 2.75) is 70.4 Å². The number of likely N-dealkylation sites (tertiary alicyclic amines) is 1. The Kier molecular flexibility index (Phi) is 9.20. The van der Waals surface area contributed by atoms with Crippen molar-refractivity contribution in [2.75, 3.05) is 31.2 Å². The molecule has 0 aromatic heterocycles. The number of nitrogens with one attached hydrogen (secondary N) is 1. The summed E-state index contributed by atoms with van der Waals surface area (Å²) in [6.45, 7) is 4.15. The highest BCUT2D eigenvalue weighted by Crippen LogP contribution is 2.39. The number of hydrogen-bond acceptors (Lipinski definition) is 4. The molecule has 0 unspecified atom stereocenters. The van der Waals surface area contributed by atoms with Crippen LogP contribution in [-0.2, 0) is 20.9 Å². The highest BCUT2D eigenvalue weighted by molar-refractivity contribution is 5.96. The van der Waals surface area contributed by atoms with Gasteiger partial charge in [0.2, 0.25) is 11.8 Å². The summed E-state index contributed by atoms with van der Waals surface area (Å²) in [5.74, 6) is 0.0102. The van der Waals surface area contributed by atoms with E-state index in [9.17, 15) is 14.4 Å². The number of hydrogen-bond donors (Lipinski definition) is 1. The summed E-state index contributed by atoms with van der Waals surface area (Å²) >= 11 is 0. The van der Waals surface area contributed by atoms with Crippen LogP contribution < -0.4 is 10.2 Å². The molecule has 0 bridgehead atoms. The molecule has 7 heteroatoms. The third-order valence-corrected chi connectivity index (χ3v) is 7.69. The number of benzene rings is 2. The van der Waals surface area contributed by atoms with Crippen LogP contribution in [-0.4, -0.2) is 59.4 Å². The van der Waals surface area contributed by atoms with Crippen LogP contribution in [0.4, 0.5) is 5.69 Å². The summed E-state index contributed by atoms with van der Waals surface area (Å²) < 4.78 is 0. The average molecular weight is 505 g/mol. The molecule has 0 aliphatic carbocycles. The van der Waals surface area contributed by atoms with E-state index in [1.165, 1.54) is 19.3 Å². The minimum atomic E-state index is -0.723. The lowest BCUT2D eigenvalue weighted by Gasteiger charge is -2.43. The first kappa shape index (κ1) is 26.7. The Hall–Kier alpha value is -3.35. The lowest BCUT2D eigenvalue weighted by Crippen LogP contribution is -2.57. The van der Waals surface area contributed by atoms with Gasteiger partial charge in [-0.05, 0) is 37.0 Å².